The van der Waals surface area contributed by atoms with Gasteiger partial charge in [-0.2, -0.15) is 0 Å². The molecule has 0 spiro atoms. The molecule has 0 bridgehead atoms. The van der Waals surface area contributed by atoms with Crippen molar-refractivity contribution in [3.05, 3.63) is 0 Å². The summed E-state index contributed by atoms with van der Waals surface area (Å²) in [7, 11) is 1.91. The maximum Gasteiger partial charge on any atom is 0.317 e. The Labute approximate surface area is 92.2 Å². The average Bonchev–Trinajstić information content (AvgIpc) is 3.07. The molecule has 2 amide bonds. The minimum absolute atomic E-state index is 0.105. The summed E-state index contributed by atoms with van der Waals surface area (Å²) in [5, 5.41) is 3.09. The standard InChI is InChI=1S/C12H22N2O/c1-8(10-4-5-10)13-12(15)14(3)9(2)11-6-7-11/h8-11H,4-7H2,1-3H3,(H,13,15)/t8-,9-/m0/s1. The van der Waals surface area contributed by atoms with E-state index in [0.29, 0.717) is 12.1 Å². The van der Waals surface area contributed by atoms with E-state index in [2.05, 4.69) is 19.2 Å². The molecule has 3 nitrogen and oxygen atoms in total. The third kappa shape index (κ3) is 2.64. The van der Waals surface area contributed by atoms with Crippen LogP contribution in [-0.2, 0) is 0 Å². The van der Waals surface area contributed by atoms with E-state index in [1.165, 1.54) is 25.7 Å². The van der Waals surface area contributed by atoms with Crippen LogP contribution >= 0.6 is 0 Å². The van der Waals surface area contributed by atoms with Gasteiger partial charge in [-0.05, 0) is 51.4 Å². The zero-order valence-electron chi connectivity index (χ0n) is 9.99. The molecule has 0 saturated heterocycles. The molecule has 2 aliphatic rings. The molecule has 0 aromatic rings. The van der Waals surface area contributed by atoms with Gasteiger partial charge in [0.1, 0.15) is 0 Å². The molecule has 0 unspecified atom stereocenters. The van der Waals surface area contributed by atoms with Gasteiger partial charge in [0.25, 0.3) is 0 Å². The highest BCUT2D eigenvalue weighted by atomic mass is 16.2. The van der Waals surface area contributed by atoms with E-state index < -0.39 is 0 Å². The molecular formula is C12H22N2O. The molecule has 2 rings (SSSR count). The van der Waals surface area contributed by atoms with Crippen molar-refractivity contribution in [3.63, 3.8) is 0 Å². The van der Waals surface area contributed by atoms with Gasteiger partial charge in [0.05, 0.1) is 0 Å². The summed E-state index contributed by atoms with van der Waals surface area (Å²) in [5.74, 6) is 1.48. The molecule has 3 heteroatoms. The van der Waals surface area contributed by atoms with Crippen LogP contribution in [0.5, 0.6) is 0 Å². The monoisotopic (exact) mass is 210 g/mol. The Morgan fingerprint density at radius 1 is 1.20 bits per heavy atom. The Balaban J connectivity index is 1.77. The van der Waals surface area contributed by atoms with Crippen LogP contribution < -0.4 is 5.32 Å². The fourth-order valence-corrected chi connectivity index (χ4v) is 2.09. The maximum atomic E-state index is 11.9. The van der Waals surface area contributed by atoms with Crippen LogP contribution in [0.2, 0.25) is 0 Å². The lowest BCUT2D eigenvalue weighted by Crippen LogP contribution is -2.46. The van der Waals surface area contributed by atoms with Crippen LogP contribution in [0, 0.1) is 11.8 Å². The highest BCUT2D eigenvalue weighted by Gasteiger charge is 2.34. The van der Waals surface area contributed by atoms with Crippen molar-refractivity contribution in [3.8, 4) is 0 Å². The maximum absolute atomic E-state index is 11.9. The molecular weight excluding hydrogens is 188 g/mol. The van der Waals surface area contributed by atoms with Crippen LogP contribution in [0.15, 0.2) is 0 Å². The van der Waals surface area contributed by atoms with Gasteiger partial charge in [0.2, 0.25) is 0 Å². The second-order valence-electron chi connectivity index (χ2n) is 5.26. The second-order valence-corrected chi connectivity index (χ2v) is 5.26. The lowest BCUT2D eigenvalue weighted by molar-refractivity contribution is 0.183. The van der Waals surface area contributed by atoms with Crippen molar-refractivity contribution in [1.82, 2.24) is 10.2 Å². The van der Waals surface area contributed by atoms with Crippen molar-refractivity contribution >= 4 is 6.03 Å². The van der Waals surface area contributed by atoms with Gasteiger partial charge in [-0.3, -0.25) is 0 Å². The number of rotatable bonds is 4. The summed E-state index contributed by atoms with van der Waals surface area (Å²) in [6, 6.07) is 0.858. The summed E-state index contributed by atoms with van der Waals surface area (Å²) >= 11 is 0. The quantitative estimate of drug-likeness (QED) is 0.758. The zero-order chi connectivity index (χ0) is 11.0. The third-order valence-electron chi connectivity index (χ3n) is 3.92. The van der Waals surface area contributed by atoms with Crippen molar-refractivity contribution in [2.24, 2.45) is 11.8 Å². The molecule has 0 heterocycles. The van der Waals surface area contributed by atoms with Gasteiger partial charge in [0.15, 0.2) is 0 Å². The molecule has 15 heavy (non-hydrogen) atoms. The van der Waals surface area contributed by atoms with Crippen molar-refractivity contribution in [2.75, 3.05) is 7.05 Å². The molecule has 0 aliphatic heterocycles. The molecule has 2 aliphatic carbocycles. The third-order valence-corrected chi connectivity index (χ3v) is 3.92. The molecule has 2 atom stereocenters. The zero-order valence-corrected chi connectivity index (χ0v) is 9.99. The van der Waals surface area contributed by atoms with Crippen LogP contribution in [0.4, 0.5) is 4.79 Å². The number of urea groups is 1. The Bertz CT molecular complexity index is 246. The SMILES string of the molecule is C[C@H](NC(=O)N(C)[C@@H](C)C1CC1)C1CC1. The van der Waals surface area contributed by atoms with E-state index in [0.717, 1.165) is 11.8 Å². The smallest absolute Gasteiger partial charge is 0.317 e. The van der Waals surface area contributed by atoms with Crippen molar-refractivity contribution in [2.45, 2.75) is 51.6 Å². The molecule has 0 radical (unpaired) electrons. The Morgan fingerprint density at radius 2 is 1.73 bits per heavy atom. The largest absolute Gasteiger partial charge is 0.335 e. The van der Waals surface area contributed by atoms with E-state index in [9.17, 15) is 4.79 Å². The highest BCUT2D eigenvalue weighted by molar-refractivity contribution is 5.74. The van der Waals surface area contributed by atoms with Crippen LogP contribution in [0.1, 0.15) is 39.5 Å². The number of hydrogen-bond acceptors (Lipinski definition) is 1. The van der Waals surface area contributed by atoms with Crippen molar-refractivity contribution < 1.29 is 4.79 Å². The number of nitrogens with zero attached hydrogens (tertiary/aromatic N) is 1. The van der Waals surface area contributed by atoms with Gasteiger partial charge in [0, 0.05) is 19.1 Å². The summed E-state index contributed by atoms with van der Waals surface area (Å²) < 4.78 is 0. The molecule has 86 valence electrons. The predicted octanol–water partition coefficient (Wildman–Crippen LogP) is 2.22. The van der Waals surface area contributed by atoms with E-state index in [1.807, 2.05) is 11.9 Å². The molecule has 2 fully saturated rings. The second kappa shape index (κ2) is 4.03. The lowest BCUT2D eigenvalue weighted by atomic mass is 10.2. The Hall–Kier alpha value is -0.730. The van der Waals surface area contributed by atoms with Crippen LogP contribution in [0.25, 0.3) is 0 Å². The van der Waals surface area contributed by atoms with E-state index in [4.69, 9.17) is 0 Å². The number of carbonyl (C=O) groups is 1. The molecule has 1 N–H and O–H groups in total. The first-order valence-corrected chi connectivity index (χ1v) is 6.13. The molecule has 2 saturated carbocycles. The predicted molar refractivity (Wildman–Crippen MR) is 60.7 cm³/mol. The number of amides is 2. The number of nitrogens with one attached hydrogen (secondary N) is 1. The first kappa shape index (κ1) is 10.8. The first-order valence-electron chi connectivity index (χ1n) is 6.13. The van der Waals surface area contributed by atoms with Crippen LogP contribution in [0.3, 0.4) is 0 Å². The summed E-state index contributed by atoms with van der Waals surface area (Å²) in [4.78, 5) is 13.7. The fraction of sp³-hybridized carbons (Fsp3) is 0.917. The van der Waals surface area contributed by atoms with Crippen LogP contribution in [-0.4, -0.2) is 30.1 Å². The van der Waals surface area contributed by atoms with Gasteiger partial charge in [-0.25, -0.2) is 4.79 Å². The van der Waals surface area contributed by atoms with E-state index in [-0.39, 0.29) is 6.03 Å². The van der Waals surface area contributed by atoms with E-state index >= 15 is 0 Å². The minimum atomic E-state index is 0.105. The number of carbonyl (C=O) groups excluding carboxylic acids is 1. The Kier molecular flexibility index (Phi) is 2.89. The van der Waals surface area contributed by atoms with Crippen molar-refractivity contribution in [1.29, 1.82) is 0 Å². The minimum Gasteiger partial charge on any atom is -0.335 e. The van der Waals surface area contributed by atoms with E-state index in [1.54, 1.807) is 0 Å². The summed E-state index contributed by atoms with van der Waals surface area (Å²) in [5.41, 5.74) is 0. The lowest BCUT2D eigenvalue weighted by Gasteiger charge is -2.27. The topological polar surface area (TPSA) is 32.3 Å². The molecule has 0 aromatic heterocycles. The fourth-order valence-electron chi connectivity index (χ4n) is 2.09. The number of hydrogen-bond donors (Lipinski definition) is 1. The molecule has 0 aromatic carbocycles. The average molecular weight is 210 g/mol. The first-order chi connectivity index (χ1) is 7.09. The van der Waals surface area contributed by atoms with Gasteiger partial charge in [-0.15, -0.1) is 0 Å². The van der Waals surface area contributed by atoms with Gasteiger partial charge < -0.3 is 10.2 Å². The Morgan fingerprint density at radius 3 is 2.20 bits per heavy atom. The normalized spacial score (nSPS) is 24.5. The summed E-state index contributed by atoms with van der Waals surface area (Å²) in [6.07, 6.45) is 5.14. The van der Waals surface area contributed by atoms with Gasteiger partial charge >= 0.3 is 6.03 Å². The highest BCUT2D eigenvalue weighted by Crippen LogP contribution is 2.35. The summed E-state index contributed by atoms with van der Waals surface area (Å²) in [6.45, 7) is 4.27. The van der Waals surface area contributed by atoms with Gasteiger partial charge in [-0.1, -0.05) is 0 Å².